The van der Waals surface area contributed by atoms with Crippen molar-refractivity contribution in [2.75, 3.05) is 7.11 Å². The average molecular weight is 239 g/mol. The second kappa shape index (κ2) is 5.06. The van der Waals surface area contributed by atoms with Crippen LogP contribution in [0.5, 0.6) is 5.75 Å². The molecule has 90 valence electrons. The van der Waals surface area contributed by atoms with Gasteiger partial charge in [-0.2, -0.15) is 0 Å². The number of aldehydes is 1. The van der Waals surface area contributed by atoms with E-state index in [4.69, 9.17) is 9.84 Å². The number of benzene rings is 1. The highest BCUT2D eigenvalue weighted by molar-refractivity contribution is 5.85. The number of rotatable bonds is 5. The molecule has 0 unspecified atom stereocenters. The van der Waals surface area contributed by atoms with E-state index in [1.165, 1.54) is 19.2 Å². The summed E-state index contributed by atoms with van der Waals surface area (Å²) < 4.78 is 4.84. The number of carboxylic acids is 1. The first-order valence-electron chi connectivity index (χ1n) is 4.52. The second-order valence-electron chi connectivity index (χ2n) is 3.17. The lowest BCUT2D eigenvalue weighted by molar-refractivity contribution is -0.385. The summed E-state index contributed by atoms with van der Waals surface area (Å²) >= 11 is 0. The normalized spacial score (nSPS) is 9.71. The van der Waals surface area contributed by atoms with Crippen molar-refractivity contribution in [3.05, 3.63) is 33.4 Å². The molecule has 0 aliphatic carbocycles. The molecule has 7 heteroatoms. The minimum absolute atomic E-state index is 0.0658. The molecule has 0 aliphatic heterocycles. The number of methoxy groups -OCH3 is 1. The van der Waals surface area contributed by atoms with Crippen LogP contribution in [0, 0.1) is 10.1 Å². The lowest BCUT2D eigenvalue weighted by Crippen LogP contribution is -2.06. The van der Waals surface area contributed by atoms with Crippen molar-refractivity contribution in [3.8, 4) is 5.75 Å². The number of carbonyl (C=O) groups is 2. The molecule has 1 aromatic carbocycles. The number of nitro benzene ring substituents is 1. The van der Waals surface area contributed by atoms with E-state index in [1.54, 1.807) is 0 Å². The number of nitrogens with zero attached hydrogens (tertiary/aromatic N) is 1. The average Bonchev–Trinajstić information content (AvgIpc) is 2.26. The lowest BCUT2D eigenvalue weighted by atomic mass is 10.0. The number of hydrogen-bond donors (Lipinski definition) is 1. The van der Waals surface area contributed by atoms with Crippen molar-refractivity contribution in [1.29, 1.82) is 0 Å². The van der Waals surface area contributed by atoms with Crippen LogP contribution in [0.15, 0.2) is 12.1 Å². The minimum Gasteiger partial charge on any atom is -0.497 e. The Morgan fingerprint density at radius 1 is 1.59 bits per heavy atom. The number of aliphatic carboxylic acids is 1. The molecule has 0 fully saturated rings. The van der Waals surface area contributed by atoms with Crippen LogP contribution in [0.4, 0.5) is 5.69 Å². The van der Waals surface area contributed by atoms with E-state index in [9.17, 15) is 19.7 Å². The van der Waals surface area contributed by atoms with Crippen LogP contribution in [0.3, 0.4) is 0 Å². The van der Waals surface area contributed by atoms with Crippen LogP contribution in [-0.2, 0) is 11.2 Å². The van der Waals surface area contributed by atoms with Gasteiger partial charge in [0.05, 0.1) is 24.0 Å². The van der Waals surface area contributed by atoms with Gasteiger partial charge in [-0.3, -0.25) is 19.7 Å². The summed E-state index contributed by atoms with van der Waals surface area (Å²) in [6.45, 7) is 0. The van der Waals surface area contributed by atoms with E-state index >= 15 is 0 Å². The third-order valence-corrected chi connectivity index (χ3v) is 2.08. The maximum atomic E-state index is 10.8. The number of nitro groups is 1. The monoisotopic (exact) mass is 239 g/mol. The lowest BCUT2D eigenvalue weighted by Gasteiger charge is -2.06. The van der Waals surface area contributed by atoms with Crippen LogP contribution < -0.4 is 4.74 Å². The molecule has 0 saturated carbocycles. The van der Waals surface area contributed by atoms with Crippen molar-refractivity contribution in [1.82, 2.24) is 0 Å². The van der Waals surface area contributed by atoms with E-state index in [0.717, 1.165) is 0 Å². The van der Waals surface area contributed by atoms with Crippen LogP contribution in [0.25, 0.3) is 0 Å². The SMILES string of the molecule is COc1cc(C=O)c([N+](=O)[O-])c(CC(=O)O)c1. The molecule has 7 nitrogen and oxygen atoms in total. The predicted octanol–water partition coefficient (Wildman–Crippen LogP) is 1.04. The molecule has 0 saturated heterocycles. The quantitative estimate of drug-likeness (QED) is 0.467. The van der Waals surface area contributed by atoms with Gasteiger partial charge in [0.1, 0.15) is 5.75 Å². The largest absolute Gasteiger partial charge is 0.497 e. The van der Waals surface area contributed by atoms with Gasteiger partial charge in [-0.1, -0.05) is 0 Å². The Bertz CT molecular complexity index is 482. The summed E-state index contributed by atoms with van der Waals surface area (Å²) in [5, 5.41) is 19.4. The molecule has 0 heterocycles. The predicted molar refractivity (Wildman–Crippen MR) is 56.4 cm³/mol. The van der Waals surface area contributed by atoms with Crippen molar-refractivity contribution in [2.45, 2.75) is 6.42 Å². The molecule has 0 aromatic heterocycles. The zero-order valence-electron chi connectivity index (χ0n) is 8.87. The van der Waals surface area contributed by atoms with Crippen molar-refractivity contribution in [2.24, 2.45) is 0 Å². The Kier molecular flexibility index (Phi) is 3.76. The fourth-order valence-corrected chi connectivity index (χ4v) is 1.42. The molecular weight excluding hydrogens is 230 g/mol. The smallest absolute Gasteiger partial charge is 0.308 e. The van der Waals surface area contributed by atoms with Gasteiger partial charge >= 0.3 is 5.97 Å². The standard InChI is InChI=1S/C10H9NO6/c1-17-8-2-6(4-9(13)14)10(11(15)16)7(3-8)5-12/h2-3,5H,4H2,1H3,(H,13,14). The number of hydrogen-bond acceptors (Lipinski definition) is 5. The molecule has 0 spiro atoms. The summed E-state index contributed by atoms with van der Waals surface area (Å²) in [6, 6.07) is 2.43. The highest BCUT2D eigenvalue weighted by Crippen LogP contribution is 2.28. The Labute approximate surface area is 95.8 Å². The number of carboxylic acid groups (broad SMARTS) is 1. The molecule has 1 aromatic rings. The first-order chi connectivity index (χ1) is 7.99. The molecule has 17 heavy (non-hydrogen) atoms. The third kappa shape index (κ3) is 2.77. The maximum absolute atomic E-state index is 10.8. The molecule has 1 rings (SSSR count). The van der Waals surface area contributed by atoms with E-state index < -0.39 is 23.0 Å². The molecular formula is C10H9NO6. The maximum Gasteiger partial charge on any atom is 0.308 e. The van der Waals surface area contributed by atoms with Gasteiger partial charge in [0, 0.05) is 5.56 Å². The van der Waals surface area contributed by atoms with Crippen molar-refractivity contribution >= 4 is 17.9 Å². The topological polar surface area (TPSA) is 107 Å². The first-order valence-corrected chi connectivity index (χ1v) is 4.52. The van der Waals surface area contributed by atoms with Crippen molar-refractivity contribution in [3.63, 3.8) is 0 Å². The first kappa shape index (κ1) is 12.6. The summed E-state index contributed by atoms with van der Waals surface area (Å²) in [6.07, 6.45) is -0.250. The Morgan fingerprint density at radius 3 is 2.65 bits per heavy atom. The van der Waals surface area contributed by atoms with Gasteiger partial charge in [0.25, 0.3) is 5.69 Å². The Balaban J connectivity index is 3.45. The molecule has 1 N–H and O–H groups in total. The fraction of sp³-hybridized carbons (Fsp3) is 0.200. The van der Waals surface area contributed by atoms with Crippen LogP contribution in [-0.4, -0.2) is 29.4 Å². The zero-order chi connectivity index (χ0) is 13.0. The van der Waals surface area contributed by atoms with Gasteiger partial charge in [0.15, 0.2) is 6.29 Å². The van der Waals surface area contributed by atoms with E-state index in [-0.39, 0.29) is 16.9 Å². The zero-order valence-corrected chi connectivity index (χ0v) is 8.87. The third-order valence-electron chi connectivity index (χ3n) is 2.08. The summed E-state index contributed by atoms with van der Waals surface area (Å²) in [7, 11) is 1.32. The molecule has 0 atom stereocenters. The van der Waals surface area contributed by atoms with Crippen LogP contribution in [0.1, 0.15) is 15.9 Å². The number of ether oxygens (including phenoxy) is 1. The Hall–Kier alpha value is -2.44. The van der Waals surface area contributed by atoms with Crippen LogP contribution >= 0.6 is 0 Å². The molecule has 0 aliphatic rings. The molecule has 0 radical (unpaired) electrons. The minimum atomic E-state index is -1.22. The van der Waals surface area contributed by atoms with E-state index in [1.807, 2.05) is 0 Å². The highest BCUT2D eigenvalue weighted by Gasteiger charge is 2.22. The van der Waals surface area contributed by atoms with Crippen LogP contribution in [0.2, 0.25) is 0 Å². The fourth-order valence-electron chi connectivity index (χ4n) is 1.42. The van der Waals surface area contributed by atoms with Gasteiger partial charge in [-0.15, -0.1) is 0 Å². The van der Waals surface area contributed by atoms with Gasteiger partial charge in [-0.25, -0.2) is 0 Å². The van der Waals surface area contributed by atoms with Gasteiger partial charge in [0.2, 0.25) is 0 Å². The summed E-state index contributed by atoms with van der Waals surface area (Å²) in [5.74, 6) is -1.02. The highest BCUT2D eigenvalue weighted by atomic mass is 16.6. The Morgan fingerprint density at radius 2 is 2.24 bits per heavy atom. The molecule has 0 bridgehead atoms. The van der Waals surface area contributed by atoms with Gasteiger partial charge < -0.3 is 9.84 Å². The van der Waals surface area contributed by atoms with Crippen molar-refractivity contribution < 1.29 is 24.4 Å². The summed E-state index contributed by atoms with van der Waals surface area (Å²) in [5.41, 5.74) is -0.766. The van der Waals surface area contributed by atoms with Gasteiger partial charge in [-0.05, 0) is 12.1 Å². The second-order valence-corrected chi connectivity index (χ2v) is 3.17. The summed E-state index contributed by atoms with van der Waals surface area (Å²) in [4.78, 5) is 31.3. The van der Waals surface area contributed by atoms with E-state index in [2.05, 4.69) is 0 Å². The van der Waals surface area contributed by atoms with E-state index in [0.29, 0.717) is 6.29 Å². The molecule has 0 amide bonds. The number of carbonyl (C=O) groups excluding carboxylic acids is 1.